The second-order valence-corrected chi connectivity index (χ2v) is 9.34. The number of carbonyl (C=O) groups is 2. The summed E-state index contributed by atoms with van der Waals surface area (Å²) in [6, 6.07) is 10.2. The highest BCUT2D eigenvalue weighted by Gasteiger charge is 2.37. The number of amides is 3. The summed E-state index contributed by atoms with van der Waals surface area (Å²) in [6.07, 6.45) is 3.31. The van der Waals surface area contributed by atoms with Crippen LogP contribution in [0.15, 0.2) is 47.3 Å². The van der Waals surface area contributed by atoms with Gasteiger partial charge in [-0.2, -0.15) is 11.8 Å². The van der Waals surface area contributed by atoms with Crippen LogP contribution in [0, 0.1) is 11.7 Å². The van der Waals surface area contributed by atoms with Gasteiger partial charge in [0.15, 0.2) is 0 Å². The number of piperidine rings is 1. The molecule has 3 heterocycles. The van der Waals surface area contributed by atoms with E-state index in [9.17, 15) is 18.8 Å². The van der Waals surface area contributed by atoms with Gasteiger partial charge in [0, 0.05) is 37.3 Å². The van der Waals surface area contributed by atoms with Crippen molar-refractivity contribution in [2.24, 2.45) is 5.92 Å². The minimum atomic E-state index is -0.772. The number of thioether (sulfide) groups is 1. The van der Waals surface area contributed by atoms with Gasteiger partial charge in [-0.3, -0.25) is 9.59 Å². The highest BCUT2D eigenvalue weighted by Crippen LogP contribution is 2.34. The molecule has 3 atom stereocenters. The number of fused-ring (bicyclic) bond motifs is 4. The Morgan fingerprint density at radius 3 is 2.75 bits per heavy atom. The molecule has 2 bridgehead atoms. The molecule has 1 aromatic heterocycles. The summed E-state index contributed by atoms with van der Waals surface area (Å²) < 4.78 is 15.8. The van der Waals surface area contributed by atoms with Crippen LogP contribution in [0.5, 0.6) is 0 Å². The normalized spacial score (nSPS) is 20.2. The van der Waals surface area contributed by atoms with E-state index in [1.807, 2.05) is 16.9 Å². The predicted molar refractivity (Wildman–Crippen MR) is 123 cm³/mol. The summed E-state index contributed by atoms with van der Waals surface area (Å²) in [5.74, 6) is 0.0140. The molecular weight excluding hydrogens is 431 g/mol. The van der Waals surface area contributed by atoms with Gasteiger partial charge in [-0.25, -0.2) is 9.18 Å². The molecule has 1 aromatic carbocycles. The maximum Gasteiger partial charge on any atom is 0.318 e. The molecule has 32 heavy (non-hydrogen) atoms. The number of urea groups is 1. The number of pyridine rings is 1. The van der Waals surface area contributed by atoms with Crippen LogP contribution in [-0.4, -0.2) is 52.5 Å². The number of carbonyl (C=O) groups excluding carboxylic acids is 2. The lowest BCUT2D eigenvalue weighted by Gasteiger charge is -2.43. The van der Waals surface area contributed by atoms with Crippen LogP contribution in [0.1, 0.15) is 24.5 Å². The van der Waals surface area contributed by atoms with Crippen LogP contribution in [0.25, 0.3) is 0 Å². The number of halogens is 1. The maximum absolute atomic E-state index is 14.0. The first kappa shape index (κ1) is 22.4. The highest BCUT2D eigenvalue weighted by atomic mass is 32.2. The maximum atomic E-state index is 14.0. The molecule has 0 aliphatic carbocycles. The zero-order valence-corrected chi connectivity index (χ0v) is 18.7. The predicted octanol–water partition coefficient (Wildman–Crippen LogP) is 2.88. The van der Waals surface area contributed by atoms with Crippen LogP contribution in [0.3, 0.4) is 0 Å². The number of nitrogens with zero attached hydrogens (tertiary/aromatic N) is 2. The van der Waals surface area contributed by atoms with E-state index in [1.54, 1.807) is 40.9 Å². The third-order valence-electron chi connectivity index (χ3n) is 6.12. The van der Waals surface area contributed by atoms with E-state index in [0.717, 1.165) is 12.1 Å². The van der Waals surface area contributed by atoms with Gasteiger partial charge in [-0.05, 0) is 49.0 Å². The van der Waals surface area contributed by atoms with Crippen LogP contribution in [0.2, 0.25) is 0 Å². The topological polar surface area (TPSA) is 83.4 Å². The number of hydrogen-bond donors (Lipinski definition) is 2. The number of hydrogen-bond acceptors (Lipinski definition) is 4. The molecule has 0 spiro atoms. The van der Waals surface area contributed by atoms with Crippen molar-refractivity contribution >= 4 is 29.4 Å². The smallest absolute Gasteiger partial charge is 0.318 e. The number of benzene rings is 1. The summed E-state index contributed by atoms with van der Waals surface area (Å²) >= 11 is 1.58. The van der Waals surface area contributed by atoms with Crippen LogP contribution >= 0.6 is 11.8 Å². The molecule has 170 valence electrons. The van der Waals surface area contributed by atoms with Gasteiger partial charge in [0.25, 0.3) is 5.56 Å². The van der Waals surface area contributed by atoms with Crippen LogP contribution in [-0.2, 0) is 11.3 Å². The van der Waals surface area contributed by atoms with Gasteiger partial charge < -0.3 is 20.1 Å². The van der Waals surface area contributed by atoms with Crippen molar-refractivity contribution < 1.29 is 14.0 Å². The Kier molecular flexibility index (Phi) is 6.83. The van der Waals surface area contributed by atoms with Crippen molar-refractivity contribution in [1.82, 2.24) is 14.8 Å². The molecule has 3 amide bonds. The minimum Gasteiger partial charge on any atom is -0.326 e. The second kappa shape index (κ2) is 9.77. The van der Waals surface area contributed by atoms with Crippen molar-refractivity contribution in [2.45, 2.75) is 31.3 Å². The molecule has 0 saturated carbocycles. The number of anilines is 1. The van der Waals surface area contributed by atoms with E-state index in [0.29, 0.717) is 31.8 Å². The molecule has 2 N–H and O–H groups in total. The number of rotatable bonds is 6. The van der Waals surface area contributed by atoms with Crippen LogP contribution in [0.4, 0.5) is 14.9 Å². The highest BCUT2D eigenvalue weighted by molar-refractivity contribution is 7.98. The van der Waals surface area contributed by atoms with E-state index in [2.05, 4.69) is 10.6 Å². The zero-order valence-electron chi connectivity index (χ0n) is 17.9. The average molecular weight is 459 g/mol. The monoisotopic (exact) mass is 458 g/mol. The average Bonchev–Trinajstić information content (AvgIpc) is 2.78. The number of likely N-dealkylation sites (tertiary alicyclic amines) is 1. The molecule has 2 aliphatic heterocycles. The fourth-order valence-electron chi connectivity index (χ4n) is 4.59. The van der Waals surface area contributed by atoms with E-state index in [-0.39, 0.29) is 29.1 Å². The summed E-state index contributed by atoms with van der Waals surface area (Å²) in [5.41, 5.74) is 1.05. The van der Waals surface area contributed by atoms with E-state index in [1.165, 1.54) is 12.1 Å². The lowest BCUT2D eigenvalue weighted by Crippen LogP contribution is -2.55. The molecule has 2 unspecified atom stereocenters. The van der Waals surface area contributed by atoms with Crippen molar-refractivity contribution in [1.29, 1.82) is 0 Å². The SMILES string of the molecule is CSCC[C@H](NC(=O)N1CC2CC(C1)c1cccc(=O)n1C2)C(=O)Nc1ccccc1F. The molecule has 4 rings (SSSR count). The molecule has 1 fully saturated rings. The largest absolute Gasteiger partial charge is 0.326 e. The van der Waals surface area contributed by atoms with E-state index < -0.39 is 17.8 Å². The fourth-order valence-corrected chi connectivity index (χ4v) is 5.06. The van der Waals surface area contributed by atoms with Crippen molar-refractivity contribution in [3.05, 3.63) is 64.3 Å². The Morgan fingerprint density at radius 2 is 1.97 bits per heavy atom. The first-order chi connectivity index (χ1) is 15.5. The second-order valence-electron chi connectivity index (χ2n) is 8.36. The lowest BCUT2D eigenvalue weighted by molar-refractivity contribution is -0.118. The Hall–Kier alpha value is -2.81. The number of aromatic nitrogens is 1. The molecule has 7 nitrogen and oxygen atoms in total. The zero-order chi connectivity index (χ0) is 22.7. The Bertz CT molecular complexity index is 1060. The third-order valence-corrected chi connectivity index (χ3v) is 6.77. The number of nitrogens with one attached hydrogen (secondary N) is 2. The van der Waals surface area contributed by atoms with Crippen molar-refractivity contribution in [2.75, 3.05) is 30.4 Å². The van der Waals surface area contributed by atoms with E-state index >= 15 is 0 Å². The molecule has 2 aromatic rings. The Labute approximate surface area is 190 Å². The third kappa shape index (κ3) is 4.82. The summed E-state index contributed by atoms with van der Waals surface area (Å²) in [6.45, 7) is 1.63. The molecule has 0 radical (unpaired) electrons. The van der Waals surface area contributed by atoms with Gasteiger partial charge in [0.1, 0.15) is 11.9 Å². The molecule has 2 aliphatic rings. The quantitative estimate of drug-likeness (QED) is 0.697. The van der Waals surface area contributed by atoms with Gasteiger partial charge in [-0.1, -0.05) is 18.2 Å². The number of para-hydroxylation sites is 1. The summed E-state index contributed by atoms with van der Waals surface area (Å²) in [4.78, 5) is 39.9. The minimum absolute atomic E-state index is 0.00273. The summed E-state index contributed by atoms with van der Waals surface area (Å²) in [5, 5.41) is 5.45. The van der Waals surface area contributed by atoms with Gasteiger partial charge in [0.05, 0.1) is 5.69 Å². The summed E-state index contributed by atoms with van der Waals surface area (Å²) in [7, 11) is 0. The Morgan fingerprint density at radius 1 is 1.16 bits per heavy atom. The standard InChI is InChI=1S/C23H27FN4O3S/c1-32-10-9-19(22(30)25-18-6-3-2-5-17(18)24)26-23(31)27-12-15-11-16(14-27)20-7-4-8-21(29)28(20)13-15/h2-8,15-16,19H,9-14H2,1H3,(H,25,30)(H,26,31)/t15?,16?,19-/m0/s1. The molecule has 1 saturated heterocycles. The lowest BCUT2D eigenvalue weighted by atomic mass is 9.83. The van der Waals surface area contributed by atoms with Crippen LogP contribution < -0.4 is 16.2 Å². The van der Waals surface area contributed by atoms with Crippen molar-refractivity contribution in [3.8, 4) is 0 Å². The van der Waals surface area contributed by atoms with Gasteiger partial charge >= 0.3 is 6.03 Å². The first-order valence-electron chi connectivity index (χ1n) is 10.8. The van der Waals surface area contributed by atoms with Gasteiger partial charge in [-0.15, -0.1) is 0 Å². The molecule has 9 heteroatoms. The van der Waals surface area contributed by atoms with Gasteiger partial charge in [0.2, 0.25) is 5.91 Å². The van der Waals surface area contributed by atoms with Crippen molar-refractivity contribution in [3.63, 3.8) is 0 Å². The molecular formula is C23H27FN4O3S. The Balaban J connectivity index is 1.45. The fraction of sp³-hybridized carbons (Fsp3) is 0.435. The first-order valence-corrected chi connectivity index (χ1v) is 12.1. The van der Waals surface area contributed by atoms with E-state index in [4.69, 9.17) is 0 Å².